The van der Waals surface area contributed by atoms with Crippen molar-refractivity contribution in [1.29, 1.82) is 0 Å². The van der Waals surface area contributed by atoms with Gasteiger partial charge in [0, 0.05) is 24.1 Å². The van der Waals surface area contributed by atoms with Gasteiger partial charge in [0.15, 0.2) is 0 Å². The Kier molecular flexibility index (Phi) is 16.4. The molecule has 0 spiro atoms. The Morgan fingerprint density at radius 3 is 2.08 bits per heavy atom. The van der Waals surface area contributed by atoms with Crippen molar-refractivity contribution in [1.82, 2.24) is 0 Å². The number of ether oxygens (including phenoxy) is 6. The second-order valence-electron chi connectivity index (χ2n) is 12.6. The van der Waals surface area contributed by atoms with Gasteiger partial charge in [0.25, 0.3) is 0 Å². The van der Waals surface area contributed by atoms with Gasteiger partial charge in [-0.05, 0) is 104 Å². The summed E-state index contributed by atoms with van der Waals surface area (Å²) in [5.74, 6) is -0.240. The molecule has 0 heterocycles. The van der Waals surface area contributed by atoms with Gasteiger partial charge >= 0.3 is 23.9 Å². The number of hydrogen-bond donors (Lipinski definition) is 0. The molecule has 4 rings (SSSR count). The third-order valence-corrected chi connectivity index (χ3v) is 8.37. The van der Waals surface area contributed by atoms with Gasteiger partial charge in [0.1, 0.15) is 23.4 Å². The average molecular weight is 725 g/mol. The zero-order chi connectivity index (χ0) is 37.8. The van der Waals surface area contributed by atoms with Gasteiger partial charge in [-0.15, -0.1) is 0 Å². The summed E-state index contributed by atoms with van der Waals surface area (Å²) in [4.78, 5) is 47.9. The van der Waals surface area contributed by atoms with Gasteiger partial charge in [0.05, 0.1) is 32.8 Å². The van der Waals surface area contributed by atoms with Crippen LogP contribution in [-0.4, -0.2) is 56.4 Å². The van der Waals surface area contributed by atoms with Crippen molar-refractivity contribution < 1.29 is 47.6 Å². The first-order valence-corrected chi connectivity index (χ1v) is 18.0. The molecule has 0 aromatic heterocycles. The number of carbonyl (C=O) groups excluding carboxylic acids is 4. The highest BCUT2D eigenvalue weighted by atomic mass is 16.6. The lowest BCUT2D eigenvalue weighted by atomic mass is 9.98. The molecule has 0 unspecified atom stereocenters. The van der Waals surface area contributed by atoms with Crippen molar-refractivity contribution in [2.45, 2.75) is 70.8 Å². The molecule has 53 heavy (non-hydrogen) atoms. The Hall–Kier alpha value is -5.64. The van der Waals surface area contributed by atoms with Gasteiger partial charge < -0.3 is 28.4 Å². The van der Waals surface area contributed by atoms with E-state index < -0.39 is 23.9 Å². The zero-order valence-corrected chi connectivity index (χ0v) is 30.3. The fourth-order valence-corrected chi connectivity index (χ4v) is 5.48. The molecule has 1 aliphatic rings. The number of unbranched alkanes of at least 4 members (excludes halogenated alkanes) is 1. The average Bonchev–Trinajstić information content (AvgIpc) is 3.16. The highest BCUT2D eigenvalue weighted by molar-refractivity contribution is 5.93. The molecule has 10 nitrogen and oxygen atoms in total. The molecule has 1 fully saturated rings. The fraction of sp³-hybridized carbons (Fsp3) is 0.349. The quantitative estimate of drug-likeness (QED) is 0.0370. The monoisotopic (exact) mass is 724 g/mol. The van der Waals surface area contributed by atoms with Gasteiger partial charge in [-0.1, -0.05) is 56.0 Å². The van der Waals surface area contributed by atoms with E-state index in [1.165, 1.54) is 6.08 Å². The largest absolute Gasteiger partial charge is 0.494 e. The van der Waals surface area contributed by atoms with E-state index in [1.807, 2.05) is 55.5 Å². The Labute approximate surface area is 311 Å². The number of carbonyl (C=O) groups is 4. The molecular weight excluding hydrogens is 676 g/mol. The molecule has 0 N–H and O–H groups in total. The van der Waals surface area contributed by atoms with Crippen molar-refractivity contribution >= 4 is 30.0 Å². The van der Waals surface area contributed by atoms with E-state index in [2.05, 4.69) is 13.2 Å². The normalized spacial score (nSPS) is 12.8. The summed E-state index contributed by atoms with van der Waals surface area (Å²) in [5, 5.41) is 0. The molecule has 10 heteroatoms. The highest BCUT2D eigenvalue weighted by Gasteiger charge is 2.20. The first-order chi connectivity index (χ1) is 25.7. The predicted molar refractivity (Wildman–Crippen MR) is 201 cm³/mol. The molecule has 0 atom stereocenters. The molecule has 0 amide bonds. The van der Waals surface area contributed by atoms with Crippen molar-refractivity contribution in [3.8, 4) is 28.4 Å². The topological polar surface area (TPSA) is 124 Å². The van der Waals surface area contributed by atoms with Crippen LogP contribution >= 0.6 is 0 Å². The Balaban J connectivity index is 1.12. The highest BCUT2D eigenvalue weighted by Crippen LogP contribution is 2.26. The van der Waals surface area contributed by atoms with Crippen LogP contribution in [0.3, 0.4) is 0 Å². The van der Waals surface area contributed by atoms with Crippen LogP contribution in [0.2, 0.25) is 0 Å². The van der Waals surface area contributed by atoms with Crippen LogP contribution in [0.25, 0.3) is 17.2 Å². The molecule has 3 aromatic rings. The first-order valence-electron chi connectivity index (χ1n) is 18.0. The van der Waals surface area contributed by atoms with Crippen molar-refractivity contribution in [3.05, 3.63) is 109 Å². The van der Waals surface area contributed by atoms with E-state index in [0.29, 0.717) is 44.2 Å². The second kappa shape index (κ2) is 21.7. The SMILES string of the molecule is C=CC(=O)OCCCCOc1ccc(-c2ccc(/C=C/C(=O)Oc3ccc(OCCCOC(=O)C(=C)CC(=O)OC4CCCCC4)c(C)c3)cc2)cc1. The fourth-order valence-electron chi connectivity index (χ4n) is 5.48. The summed E-state index contributed by atoms with van der Waals surface area (Å²) in [7, 11) is 0. The van der Waals surface area contributed by atoms with Gasteiger partial charge in [-0.25, -0.2) is 14.4 Å². The lowest BCUT2D eigenvalue weighted by molar-refractivity contribution is -0.151. The summed E-state index contributed by atoms with van der Waals surface area (Å²) in [6.45, 7) is 10.2. The van der Waals surface area contributed by atoms with Crippen LogP contribution in [0, 0.1) is 6.92 Å². The maximum atomic E-state index is 12.5. The lowest BCUT2D eigenvalue weighted by Crippen LogP contribution is -2.22. The molecule has 0 aliphatic heterocycles. The van der Waals surface area contributed by atoms with E-state index >= 15 is 0 Å². The molecule has 0 bridgehead atoms. The third-order valence-electron chi connectivity index (χ3n) is 8.37. The second-order valence-corrected chi connectivity index (χ2v) is 12.6. The minimum atomic E-state index is -0.622. The smallest absolute Gasteiger partial charge is 0.336 e. The molecule has 1 saturated carbocycles. The minimum absolute atomic E-state index is 0.0693. The van der Waals surface area contributed by atoms with Crippen molar-refractivity contribution in [2.75, 3.05) is 26.4 Å². The number of benzene rings is 3. The maximum Gasteiger partial charge on any atom is 0.336 e. The predicted octanol–water partition coefficient (Wildman–Crippen LogP) is 8.30. The third kappa shape index (κ3) is 14.5. The summed E-state index contributed by atoms with van der Waals surface area (Å²) in [6, 6.07) is 20.7. The summed E-state index contributed by atoms with van der Waals surface area (Å²) in [5.41, 5.74) is 3.74. The van der Waals surface area contributed by atoms with Crippen LogP contribution in [-0.2, 0) is 33.4 Å². The minimum Gasteiger partial charge on any atom is -0.494 e. The maximum absolute atomic E-state index is 12.5. The van der Waals surface area contributed by atoms with E-state index in [4.69, 9.17) is 28.4 Å². The number of esters is 4. The number of hydrogen-bond acceptors (Lipinski definition) is 10. The molecule has 280 valence electrons. The van der Waals surface area contributed by atoms with Gasteiger partial charge in [-0.2, -0.15) is 0 Å². The summed E-state index contributed by atoms with van der Waals surface area (Å²) >= 11 is 0. The van der Waals surface area contributed by atoms with Crippen molar-refractivity contribution in [3.63, 3.8) is 0 Å². The van der Waals surface area contributed by atoms with Crippen molar-refractivity contribution in [2.24, 2.45) is 0 Å². The summed E-state index contributed by atoms with van der Waals surface area (Å²) < 4.78 is 32.7. The number of aryl methyl sites for hydroxylation is 1. The molecule has 0 saturated heterocycles. The Morgan fingerprint density at radius 2 is 1.38 bits per heavy atom. The van der Waals surface area contributed by atoms with Gasteiger partial charge in [0.2, 0.25) is 0 Å². The van der Waals surface area contributed by atoms with Crippen LogP contribution in [0.5, 0.6) is 17.2 Å². The first kappa shape index (κ1) is 40.1. The van der Waals surface area contributed by atoms with Gasteiger partial charge in [-0.3, -0.25) is 4.79 Å². The van der Waals surface area contributed by atoms with Crippen LogP contribution < -0.4 is 14.2 Å². The van der Waals surface area contributed by atoms with E-state index in [1.54, 1.807) is 24.3 Å². The van der Waals surface area contributed by atoms with E-state index in [9.17, 15) is 19.2 Å². The lowest BCUT2D eigenvalue weighted by Gasteiger charge is -2.21. The summed E-state index contributed by atoms with van der Waals surface area (Å²) in [6.07, 6.45) is 10.9. The van der Waals surface area contributed by atoms with E-state index in [0.717, 1.165) is 72.6 Å². The Morgan fingerprint density at radius 1 is 0.736 bits per heavy atom. The van der Waals surface area contributed by atoms with E-state index in [-0.39, 0.29) is 24.7 Å². The van der Waals surface area contributed by atoms with Crippen LogP contribution in [0.4, 0.5) is 0 Å². The Bertz CT molecular complexity index is 1720. The zero-order valence-electron chi connectivity index (χ0n) is 30.3. The molecule has 1 aliphatic carbocycles. The molecular formula is C43H48O10. The standard InChI is InChI=1S/C43H48O10/c1-4-40(44)50-26-9-8-25-48-36-20-18-35(19-21-36)34-16-13-33(14-17-34)15-24-41(45)53-38-22-23-39(31(2)29-38)49-27-10-28-51-43(47)32(3)30-42(46)52-37-11-6-5-7-12-37/h4,13-24,29,37H,1,3,5-12,25-28,30H2,2H3/b24-15+. The van der Waals surface area contributed by atoms with Crippen LogP contribution in [0.1, 0.15) is 68.9 Å². The van der Waals surface area contributed by atoms with Crippen LogP contribution in [0.15, 0.2) is 97.6 Å². The number of rotatable bonds is 20. The molecule has 0 radical (unpaired) electrons. The molecule has 3 aromatic carbocycles.